The van der Waals surface area contributed by atoms with Crippen LogP contribution in [0, 0.1) is 10.1 Å². The van der Waals surface area contributed by atoms with Crippen LogP contribution in [0.1, 0.15) is 18.5 Å². The number of pyridine rings is 1. The molecule has 3 aromatic rings. The molecular formula is C17H15N3O2. The molecule has 5 nitrogen and oxygen atoms in total. The molecule has 0 aliphatic rings. The van der Waals surface area contributed by atoms with Crippen molar-refractivity contribution < 1.29 is 4.92 Å². The Kier molecular flexibility index (Phi) is 3.70. The molecule has 0 aliphatic carbocycles. The summed E-state index contributed by atoms with van der Waals surface area (Å²) in [5.74, 6) is 0. The maximum absolute atomic E-state index is 11.3. The first-order valence-corrected chi connectivity index (χ1v) is 7.00. The van der Waals surface area contributed by atoms with Crippen molar-refractivity contribution in [3.8, 4) is 0 Å². The first-order chi connectivity index (χ1) is 10.7. The second kappa shape index (κ2) is 5.81. The lowest BCUT2D eigenvalue weighted by Gasteiger charge is -2.17. The van der Waals surface area contributed by atoms with Crippen LogP contribution in [0.2, 0.25) is 0 Å². The fourth-order valence-electron chi connectivity index (χ4n) is 2.46. The number of nitrogens with one attached hydrogen (secondary N) is 1. The van der Waals surface area contributed by atoms with Crippen molar-refractivity contribution in [2.75, 3.05) is 5.32 Å². The van der Waals surface area contributed by atoms with E-state index >= 15 is 0 Å². The number of para-hydroxylation sites is 1. The molecule has 3 rings (SSSR count). The van der Waals surface area contributed by atoms with E-state index < -0.39 is 4.92 Å². The first kappa shape index (κ1) is 14.0. The van der Waals surface area contributed by atoms with Gasteiger partial charge in [-0.05, 0) is 18.6 Å². The highest BCUT2D eigenvalue weighted by atomic mass is 16.6. The molecule has 5 heteroatoms. The van der Waals surface area contributed by atoms with Gasteiger partial charge in [-0.25, -0.2) is 4.98 Å². The van der Waals surface area contributed by atoms with Gasteiger partial charge in [-0.3, -0.25) is 10.1 Å². The van der Waals surface area contributed by atoms with Crippen LogP contribution in [0.15, 0.2) is 60.8 Å². The van der Waals surface area contributed by atoms with E-state index in [0.29, 0.717) is 5.69 Å². The molecule has 0 saturated heterocycles. The summed E-state index contributed by atoms with van der Waals surface area (Å²) in [7, 11) is 0. The molecule has 1 unspecified atom stereocenters. The highest BCUT2D eigenvalue weighted by Gasteiger charge is 2.19. The highest BCUT2D eigenvalue weighted by Crippen LogP contribution is 2.34. The van der Waals surface area contributed by atoms with Crippen molar-refractivity contribution in [1.82, 2.24) is 4.98 Å². The summed E-state index contributed by atoms with van der Waals surface area (Å²) in [4.78, 5) is 15.1. The van der Waals surface area contributed by atoms with Gasteiger partial charge in [-0.2, -0.15) is 0 Å². The summed E-state index contributed by atoms with van der Waals surface area (Å²) in [6.07, 6.45) is 1.31. The maximum atomic E-state index is 11.3. The predicted molar refractivity (Wildman–Crippen MR) is 86.9 cm³/mol. The van der Waals surface area contributed by atoms with Crippen LogP contribution in [0.3, 0.4) is 0 Å². The lowest BCUT2D eigenvalue weighted by Crippen LogP contribution is -2.09. The number of anilines is 1. The molecule has 1 heterocycles. The first-order valence-electron chi connectivity index (χ1n) is 7.00. The van der Waals surface area contributed by atoms with Crippen LogP contribution in [0.25, 0.3) is 10.9 Å². The normalized spacial score (nSPS) is 12.0. The fraction of sp³-hybridized carbons (Fsp3) is 0.118. The Morgan fingerprint density at radius 1 is 1.09 bits per heavy atom. The summed E-state index contributed by atoms with van der Waals surface area (Å²) < 4.78 is 0. The topological polar surface area (TPSA) is 68.1 Å². The molecule has 0 spiro atoms. The van der Waals surface area contributed by atoms with Crippen molar-refractivity contribution in [2.24, 2.45) is 0 Å². The van der Waals surface area contributed by atoms with Gasteiger partial charge in [-0.15, -0.1) is 0 Å². The second-order valence-corrected chi connectivity index (χ2v) is 5.07. The Morgan fingerprint density at radius 2 is 1.77 bits per heavy atom. The number of nitro groups is 1. The van der Waals surface area contributed by atoms with Gasteiger partial charge in [0.25, 0.3) is 0 Å². The van der Waals surface area contributed by atoms with E-state index in [2.05, 4.69) is 10.3 Å². The number of rotatable bonds is 4. The standard InChI is InChI=1S/C17H15N3O2/c1-12(13-7-3-2-4-8-13)19-17-14-9-5-6-10-15(14)18-11-16(17)20(21)22/h2-12H,1H3,(H,18,19). The molecule has 110 valence electrons. The molecule has 0 amide bonds. The van der Waals surface area contributed by atoms with Crippen molar-refractivity contribution in [3.63, 3.8) is 0 Å². The minimum Gasteiger partial charge on any atom is -0.372 e. The Hall–Kier alpha value is -2.95. The molecule has 0 fully saturated rings. The lowest BCUT2D eigenvalue weighted by atomic mass is 10.1. The van der Waals surface area contributed by atoms with E-state index in [1.54, 1.807) is 0 Å². The molecule has 0 radical (unpaired) electrons. The molecule has 2 aromatic carbocycles. The van der Waals surface area contributed by atoms with E-state index in [1.807, 2.05) is 61.5 Å². The summed E-state index contributed by atoms with van der Waals surface area (Å²) in [6.45, 7) is 1.98. The molecule has 1 aromatic heterocycles. The molecular weight excluding hydrogens is 278 g/mol. The van der Waals surface area contributed by atoms with E-state index in [4.69, 9.17) is 0 Å². The smallest absolute Gasteiger partial charge is 0.311 e. The zero-order valence-corrected chi connectivity index (χ0v) is 12.1. The van der Waals surface area contributed by atoms with Crippen molar-refractivity contribution in [3.05, 3.63) is 76.5 Å². The molecule has 0 saturated carbocycles. The van der Waals surface area contributed by atoms with Gasteiger partial charge in [0.1, 0.15) is 11.9 Å². The van der Waals surface area contributed by atoms with E-state index in [1.165, 1.54) is 6.20 Å². The van der Waals surface area contributed by atoms with Gasteiger partial charge in [0.15, 0.2) is 0 Å². The summed E-state index contributed by atoms with van der Waals surface area (Å²) in [5, 5.41) is 15.3. The zero-order chi connectivity index (χ0) is 15.5. The number of hydrogen-bond acceptors (Lipinski definition) is 4. The molecule has 22 heavy (non-hydrogen) atoms. The van der Waals surface area contributed by atoms with Crippen LogP contribution < -0.4 is 5.32 Å². The largest absolute Gasteiger partial charge is 0.372 e. The summed E-state index contributed by atoms with van der Waals surface area (Å²) in [5.41, 5.74) is 2.29. The third kappa shape index (κ3) is 2.61. The fourth-order valence-corrected chi connectivity index (χ4v) is 2.46. The van der Waals surface area contributed by atoms with E-state index in [0.717, 1.165) is 16.5 Å². The van der Waals surface area contributed by atoms with Gasteiger partial charge in [0.05, 0.1) is 10.4 Å². The molecule has 1 atom stereocenters. The summed E-state index contributed by atoms with van der Waals surface area (Å²) in [6, 6.07) is 17.2. The van der Waals surface area contributed by atoms with Crippen molar-refractivity contribution in [1.29, 1.82) is 0 Å². The Labute approximate surface area is 127 Å². The summed E-state index contributed by atoms with van der Waals surface area (Å²) >= 11 is 0. The Morgan fingerprint density at radius 3 is 2.50 bits per heavy atom. The maximum Gasteiger partial charge on any atom is 0.311 e. The predicted octanol–water partition coefficient (Wildman–Crippen LogP) is 4.32. The number of aromatic nitrogens is 1. The zero-order valence-electron chi connectivity index (χ0n) is 12.1. The van der Waals surface area contributed by atoms with Gasteiger partial charge >= 0.3 is 5.69 Å². The number of benzene rings is 2. The molecule has 1 N–H and O–H groups in total. The Balaban J connectivity index is 2.08. The lowest BCUT2D eigenvalue weighted by molar-refractivity contribution is -0.384. The Bertz CT molecular complexity index is 819. The van der Waals surface area contributed by atoms with Crippen LogP contribution in [0.5, 0.6) is 0 Å². The third-order valence-corrected chi connectivity index (χ3v) is 3.61. The van der Waals surface area contributed by atoms with Gasteiger partial charge in [0.2, 0.25) is 0 Å². The van der Waals surface area contributed by atoms with Gasteiger partial charge < -0.3 is 5.32 Å². The monoisotopic (exact) mass is 293 g/mol. The van der Waals surface area contributed by atoms with Gasteiger partial charge in [0, 0.05) is 11.4 Å². The number of nitrogens with zero attached hydrogens (tertiary/aromatic N) is 2. The minimum absolute atomic E-state index is 0.0125. The van der Waals surface area contributed by atoms with Crippen LogP contribution >= 0.6 is 0 Å². The second-order valence-electron chi connectivity index (χ2n) is 5.07. The van der Waals surface area contributed by atoms with Crippen molar-refractivity contribution >= 4 is 22.3 Å². The molecule has 0 aliphatic heterocycles. The SMILES string of the molecule is CC(Nc1c([N+](=O)[O-])cnc2ccccc12)c1ccccc1. The average Bonchev–Trinajstić information content (AvgIpc) is 2.55. The number of fused-ring (bicyclic) bond motifs is 1. The van der Waals surface area contributed by atoms with Crippen molar-refractivity contribution in [2.45, 2.75) is 13.0 Å². The van der Waals surface area contributed by atoms with Crippen LogP contribution in [-0.2, 0) is 0 Å². The molecule has 0 bridgehead atoms. The quantitative estimate of drug-likeness (QED) is 0.574. The third-order valence-electron chi connectivity index (χ3n) is 3.61. The van der Waals surface area contributed by atoms with Crippen LogP contribution in [0.4, 0.5) is 11.4 Å². The van der Waals surface area contributed by atoms with E-state index in [9.17, 15) is 10.1 Å². The average molecular weight is 293 g/mol. The minimum atomic E-state index is -0.403. The number of hydrogen-bond donors (Lipinski definition) is 1. The van der Waals surface area contributed by atoms with E-state index in [-0.39, 0.29) is 11.7 Å². The van der Waals surface area contributed by atoms with Crippen LogP contribution in [-0.4, -0.2) is 9.91 Å². The highest BCUT2D eigenvalue weighted by molar-refractivity contribution is 5.95. The van der Waals surface area contributed by atoms with Gasteiger partial charge in [-0.1, -0.05) is 48.5 Å².